The number of unbranched alkanes of at least 4 members (excludes halogenated alkanes) is 15. The lowest BCUT2D eigenvalue weighted by atomic mass is 10.1. The first-order valence-electron chi connectivity index (χ1n) is 21.0. The van der Waals surface area contributed by atoms with E-state index in [-0.39, 0.29) is 18.0 Å². The van der Waals surface area contributed by atoms with E-state index in [9.17, 15) is 9.59 Å². The molecule has 0 aliphatic carbocycles. The molecule has 0 bridgehead atoms. The zero-order chi connectivity index (χ0) is 36.8. The summed E-state index contributed by atoms with van der Waals surface area (Å²) >= 11 is 0. The highest BCUT2D eigenvalue weighted by Gasteiger charge is 2.14. The van der Waals surface area contributed by atoms with Crippen LogP contribution in [0, 0.1) is 0 Å². The Bertz CT molecular complexity index is 1160. The van der Waals surface area contributed by atoms with Gasteiger partial charge in [-0.1, -0.05) is 111 Å². The normalized spacial score (nSPS) is 12.2. The number of hydrogen-bond acceptors (Lipinski definition) is 9. The van der Waals surface area contributed by atoms with E-state index < -0.39 is 0 Å². The van der Waals surface area contributed by atoms with E-state index in [4.69, 9.17) is 15.2 Å². The number of nitrogens with two attached hydrogens (primary N) is 1. The average Bonchev–Trinajstić information content (AvgIpc) is 3.55. The first kappa shape index (κ1) is 44.4. The molecule has 10 nitrogen and oxygen atoms in total. The number of ether oxygens (including phenoxy) is 2. The summed E-state index contributed by atoms with van der Waals surface area (Å²) in [4.78, 5) is 40.0. The minimum Gasteiger partial charge on any atom is -0.466 e. The fourth-order valence-electron chi connectivity index (χ4n) is 6.66. The quantitative estimate of drug-likeness (QED) is 0.0557. The number of rotatable bonds is 34. The van der Waals surface area contributed by atoms with E-state index in [1.165, 1.54) is 64.1 Å². The second kappa shape index (κ2) is 29.8. The van der Waals surface area contributed by atoms with Gasteiger partial charge >= 0.3 is 11.9 Å². The zero-order valence-electron chi connectivity index (χ0n) is 32.9. The Labute approximate surface area is 310 Å². The van der Waals surface area contributed by atoms with Crippen molar-refractivity contribution in [2.75, 3.05) is 32.0 Å². The molecule has 292 valence electrons. The molecule has 0 aliphatic heterocycles. The van der Waals surface area contributed by atoms with Crippen molar-refractivity contribution >= 4 is 28.9 Å². The standard InChI is InChI=1S/C41H74N6O4/c1-4-7-10-17-23-33-50-37(48)27-19-13-11-15-21-29-46(31-24-32-47-35-45-39-40(42)43-34-44-41(39)47)30-22-16-12-14-20-28-38(49)51-36(25-9-6-3)26-18-8-5-2/h34-36H,4-33H2,1-3H3,(H2,42,43,44). The number of carbonyl (C=O) groups excluding carboxylic acids is 2. The van der Waals surface area contributed by atoms with E-state index in [0.29, 0.717) is 30.8 Å². The molecule has 10 heteroatoms. The second-order valence-corrected chi connectivity index (χ2v) is 14.5. The SMILES string of the molecule is CCCCCCCOC(=O)CCCCCCCN(CCCCCCCC(=O)OC(CCCC)CCCCC)CCCn1cnc2c(N)ncnc21. The van der Waals surface area contributed by atoms with Crippen LogP contribution in [0.5, 0.6) is 0 Å². The molecule has 2 aromatic rings. The Kier molecular flexibility index (Phi) is 25.9. The van der Waals surface area contributed by atoms with Gasteiger partial charge in [-0.15, -0.1) is 0 Å². The van der Waals surface area contributed by atoms with E-state index >= 15 is 0 Å². The Morgan fingerprint density at radius 1 is 0.667 bits per heavy atom. The summed E-state index contributed by atoms with van der Waals surface area (Å²) in [5, 5.41) is 0. The predicted molar refractivity (Wildman–Crippen MR) is 209 cm³/mol. The van der Waals surface area contributed by atoms with Crippen molar-refractivity contribution < 1.29 is 19.1 Å². The van der Waals surface area contributed by atoms with Crippen molar-refractivity contribution in [1.82, 2.24) is 24.4 Å². The van der Waals surface area contributed by atoms with Gasteiger partial charge in [0, 0.05) is 19.4 Å². The lowest BCUT2D eigenvalue weighted by Crippen LogP contribution is -2.28. The number of esters is 2. The highest BCUT2D eigenvalue weighted by molar-refractivity contribution is 5.81. The number of carbonyl (C=O) groups is 2. The molecule has 0 amide bonds. The fraction of sp³-hybridized carbons (Fsp3) is 0.829. The monoisotopic (exact) mass is 715 g/mol. The molecule has 0 fully saturated rings. The Hall–Kier alpha value is -2.75. The van der Waals surface area contributed by atoms with E-state index in [1.807, 2.05) is 6.33 Å². The van der Waals surface area contributed by atoms with Gasteiger partial charge in [0.1, 0.15) is 17.9 Å². The van der Waals surface area contributed by atoms with Crippen LogP contribution >= 0.6 is 0 Å². The summed E-state index contributed by atoms with van der Waals surface area (Å²) in [6.07, 6.45) is 30.2. The summed E-state index contributed by atoms with van der Waals surface area (Å²) in [5.74, 6) is 0.377. The molecule has 0 saturated carbocycles. The minimum atomic E-state index is -0.0368. The fourth-order valence-corrected chi connectivity index (χ4v) is 6.66. The second-order valence-electron chi connectivity index (χ2n) is 14.5. The predicted octanol–water partition coefficient (Wildman–Crippen LogP) is 9.98. The summed E-state index contributed by atoms with van der Waals surface area (Å²) in [6.45, 7) is 11.2. The van der Waals surface area contributed by atoms with Crippen LogP contribution in [0.1, 0.15) is 181 Å². The van der Waals surface area contributed by atoms with Gasteiger partial charge in [0.25, 0.3) is 0 Å². The molecule has 0 saturated heterocycles. The third-order valence-corrected chi connectivity index (χ3v) is 9.83. The third-order valence-electron chi connectivity index (χ3n) is 9.83. The first-order chi connectivity index (χ1) is 25.0. The number of aryl methyl sites for hydroxylation is 1. The molecule has 51 heavy (non-hydrogen) atoms. The molecule has 2 heterocycles. The number of fused-ring (bicyclic) bond motifs is 1. The van der Waals surface area contributed by atoms with Crippen LogP contribution in [0.4, 0.5) is 5.82 Å². The van der Waals surface area contributed by atoms with Gasteiger partial charge in [-0.2, -0.15) is 0 Å². The summed E-state index contributed by atoms with van der Waals surface area (Å²) in [5.41, 5.74) is 7.45. The molecule has 1 unspecified atom stereocenters. The van der Waals surface area contributed by atoms with Crippen molar-refractivity contribution in [3.8, 4) is 0 Å². The minimum absolute atomic E-state index is 0.00769. The van der Waals surface area contributed by atoms with Crippen molar-refractivity contribution in [3.05, 3.63) is 12.7 Å². The Morgan fingerprint density at radius 2 is 1.24 bits per heavy atom. The van der Waals surface area contributed by atoms with Gasteiger partial charge in [-0.3, -0.25) is 9.59 Å². The van der Waals surface area contributed by atoms with Crippen LogP contribution in [0.25, 0.3) is 11.2 Å². The zero-order valence-corrected chi connectivity index (χ0v) is 32.9. The average molecular weight is 715 g/mol. The topological polar surface area (TPSA) is 125 Å². The molecule has 0 radical (unpaired) electrons. The molecule has 2 rings (SSSR count). The molecule has 0 aliphatic rings. The van der Waals surface area contributed by atoms with E-state index in [1.54, 1.807) is 0 Å². The molecular formula is C41H74N6O4. The number of anilines is 1. The van der Waals surface area contributed by atoms with Gasteiger partial charge in [0.2, 0.25) is 0 Å². The van der Waals surface area contributed by atoms with E-state index in [0.717, 1.165) is 122 Å². The van der Waals surface area contributed by atoms with Crippen LogP contribution in [-0.2, 0) is 25.6 Å². The number of nitrogens with zero attached hydrogens (tertiary/aromatic N) is 5. The highest BCUT2D eigenvalue weighted by atomic mass is 16.5. The first-order valence-corrected chi connectivity index (χ1v) is 21.0. The number of imidazole rings is 1. The Balaban J connectivity index is 1.66. The maximum atomic E-state index is 12.5. The number of aromatic nitrogens is 4. The van der Waals surface area contributed by atoms with Crippen LogP contribution < -0.4 is 5.73 Å². The molecule has 2 aromatic heterocycles. The van der Waals surface area contributed by atoms with Crippen molar-refractivity contribution in [2.45, 2.75) is 194 Å². The van der Waals surface area contributed by atoms with Crippen molar-refractivity contribution in [3.63, 3.8) is 0 Å². The third kappa shape index (κ3) is 21.4. The molecule has 0 spiro atoms. The number of nitrogen functional groups attached to an aromatic ring is 1. The summed E-state index contributed by atoms with van der Waals surface area (Å²) < 4.78 is 13.4. The van der Waals surface area contributed by atoms with Crippen LogP contribution in [0.3, 0.4) is 0 Å². The molecule has 2 N–H and O–H groups in total. The van der Waals surface area contributed by atoms with Gasteiger partial charge < -0.3 is 24.7 Å². The number of hydrogen-bond donors (Lipinski definition) is 1. The smallest absolute Gasteiger partial charge is 0.306 e. The van der Waals surface area contributed by atoms with E-state index in [2.05, 4.69) is 45.2 Å². The van der Waals surface area contributed by atoms with Crippen LogP contribution in [0.15, 0.2) is 12.7 Å². The largest absolute Gasteiger partial charge is 0.466 e. The maximum absolute atomic E-state index is 12.5. The van der Waals surface area contributed by atoms with Crippen LogP contribution in [-0.4, -0.2) is 68.7 Å². The highest BCUT2D eigenvalue weighted by Crippen LogP contribution is 2.17. The van der Waals surface area contributed by atoms with Gasteiger partial charge in [-0.25, -0.2) is 15.0 Å². The van der Waals surface area contributed by atoms with Crippen molar-refractivity contribution in [1.29, 1.82) is 0 Å². The Morgan fingerprint density at radius 3 is 1.94 bits per heavy atom. The maximum Gasteiger partial charge on any atom is 0.306 e. The van der Waals surface area contributed by atoms with Gasteiger partial charge in [-0.05, 0) is 77.4 Å². The van der Waals surface area contributed by atoms with Gasteiger partial charge in [0.15, 0.2) is 11.5 Å². The molecule has 0 aromatic carbocycles. The molecular weight excluding hydrogens is 640 g/mol. The lowest BCUT2D eigenvalue weighted by Gasteiger charge is -2.22. The van der Waals surface area contributed by atoms with Gasteiger partial charge in [0.05, 0.1) is 12.9 Å². The molecule has 1 atom stereocenters. The summed E-state index contributed by atoms with van der Waals surface area (Å²) in [7, 11) is 0. The summed E-state index contributed by atoms with van der Waals surface area (Å²) in [6, 6.07) is 0. The lowest BCUT2D eigenvalue weighted by molar-refractivity contribution is -0.150. The van der Waals surface area contributed by atoms with Crippen molar-refractivity contribution in [2.24, 2.45) is 0 Å². The van der Waals surface area contributed by atoms with Crippen LogP contribution in [0.2, 0.25) is 0 Å².